The lowest BCUT2D eigenvalue weighted by atomic mass is 10.2. The summed E-state index contributed by atoms with van der Waals surface area (Å²) in [6.07, 6.45) is 1.35. The second-order valence-electron chi connectivity index (χ2n) is 6.79. The zero-order chi connectivity index (χ0) is 23.4. The normalized spacial score (nSPS) is 11.2. The molecule has 4 rings (SSSR count). The van der Waals surface area contributed by atoms with E-state index in [-0.39, 0.29) is 23.0 Å². The van der Waals surface area contributed by atoms with E-state index in [4.69, 9.17) is 0 Å². The lowest BCUT2D eigenvalue weighted by Crippen LogP contribution is -2.24. The Hall–Kier alpha value is -2.95. The summed E-state index contributed by atoms with van der Waals surface area (Å²) in [5.74, 6) is -0.382. The minimum absolute atomic E-state index is 0.0108. The van der Waals surface area contributed by atoms with E-state index in [1.54, 1.807) is 30.3 Å². The first kappa shape index (κ1) is 23.2. The van der Waals surface area contributed by atoms with Gasteiger partial charge in [-0.25, -0.2) is 10.4 Å². The Morgan fingerprint density at radius 2 is 1.85 bits per heavy atom. The molecule has 0 aliphatic heterocycles. The minimum Gasteiger partial charge on any atom is -0.506 e. The number of aromatic nitrogens is 2. The third-order valence-electron chi connectivity index (χ3n) is 4.54. The van der Waals surface area contributed by atoms with Crippen LogP contribution in [0.4, 0.5) is 0 Å². The van der Waals surface area contributed by atoms with E-state index in [1.165, 1.54) is 10.8 Å². The number of phenols is 1. The van der Waals surface area contributed by atoms with Gasteiger partial charge in [0.25, 0.3) is 11.5 Å². The summed E-state index contributed by atoms with van der Waals surface area (Å²) >= 11 is 7.72. The van der Waals surface area contributed by atoms with Gasteiger partial charge >= 0.3 is 0 Å². The topological polar surface area (TPSA) is 96.6 Å². The van der Waals surface area contributed by atoms with E-state index in [2.05, 4.69) is 47.4 Å². The molecule has 0 atom stereocenters. The molecule has 1 amide bonds. The number of thioether (sulfide) groups is 1. The molecule has 0 aliphatic carbocycles. The molecule has 0 bridgehead atoms. The van der Waals surface area contributed by atoms with E-state index in [1.807, 2.05) is 36.4 Å². The van der Waals surface area contributed by atoms with Gasteiger partial charge in [0.05, 0.1) is 33.0 Å². The number of nitrogens with zero attached hydrogens (tertiary/aromatic N) is 3. The van der Waals surface area contributed by atoms with Gasteiger partial charge in [0.15, 0.2) is 5.16 Å². The molecule has 0 saturated carbocycles. The van der Waals surface area contributed by atoms with Crippen molar-refractivity contribution in [3.63, 3.8) is 0 Å². The number of carbonyl (C=O) groups excluding carboxylic acids is 1. The molecule has 2 N–H and O–H groups in total. The van der Waals surface area contributed by atoms with Gasteiger partial charge < -0.3 is 5.11 Å². The fourth-order valence-corrected chi connectivity index (χ4v) is 5.10. The first-order chi connectivity index (χ1) is 15.9. The first-order valence-corrected chi connectivity index (χ1v) is 12.2. The maximum absolute atomic E-state index is 13.2. The SMILES string of the molecule is O=C(CSc1nc2ccccc2c(=O)n1-c1ccccc1)N/N=C/c1cc(Br)cc(Br)c1O. The number of hydrogen-bond acceptors (Lipinski definition) is 6. The Labute approximate surface area is 209 Å². The van der Waals surface area contributed by atoms with Gasteiger partial charge in [-0.05, 0) is 52.3 Å². The van der Waals surface area contributed by atoms with Crippen LogP contribution in [0.3, 0.4) is 0 Å². The molecule has 0 unspecified atom stereocenters. The summed E-state index contributed by atoms with van der Waals surface area (Å²) in [5, 5.41) is 14.9. The van der Waals surface area contributed by atoms with Crippen LogP contribution >= 0.6 is 43.6 Å². The van der Waals surface area contributed by atoms with Crippen molar-refractivity contribution in [2.45, 2.75) is 5.16 Å². The highest BCUT2D eigenvalue weighted by Gasteiger charge is 2.14. The maximum atomic E-state index is 13.2. The molecule has 4 aromatic rings. The fraction of sp³-hybridized carbons (Fsp3) is 0.0435. The first-order valence-electron chi connectivity index (χ1n) is 9.64. The van der Waals surface area contributed by atoms with Crippen LogP contribution in [0.25, 0.3) is 16.6 Å². The number of fused-ring (bicyclic) bond motifs is 1. The number of amides is 1. The third-order valence-corrected chi connectivity index (χ3v) is 6.54. The molecule has 0 saturated heterocycles. The molecular weight excluding hydrogens is 572 g/mol. The van der Waals surface area contributed by atoms with Crippen molar-refractivity contribution in [1.29, 1.82) is 0 Å². The Balaban J connectivity index is 1.55. The molecule has 0 aliphatic rings. The number of para-hydroxylation sites is 2. The summed E-state index contributed by atoms with van der Waals surface area (Å²) < 4.78 is 2.75. The van der Waals surface area contributed by atoms with E-state index in [9.17, 15) is 14.7 Å². The molecule has 1 aromatic heterocycles. The average Bonchev–Trinajstić information content (AvgIpc) is 2.81. The van der Waals surface area contributed by atoms with Gasteiger partial charge in [-0.1, -0.05) is 58.0 Å². The molecule has 33 heavy (non-hydrogen) atoms. The number of phenolic OH excluding ortho intramolecular Hbond substituents is 1. The maximum Gasteiger partial charge on any atom is 0.266 e. The van der Waals surface area contributed by atoms with Crippen molar-refractivity contribution in [2.75, 3.05) is 5.75 Å². The molecule has 3 aromatic carbocycles. The third kappa shape index (κ3) is 5.35. The zero-order valence-corrected chi connectivity index (χ0v) is 20.9. The number of aromatic hydroxyl groups is 1. The highest BCUT2D eigenvalue weighted by atomic mass is 79.9. The number of carbonyl (C=O) groups is 1. The second kappa shape index (κ2) is 10.3. The van der Waals surface area contributed by atoms with Crippen molar-refractivity contribution in [2.24, 2.45) is 5.10 Å². The fourth-order valence-electron chi connectivity index (χ4n) is 3.03. The quantitative estimate of drug-likeness (QED) is 0.145. The van der Waals surface area contributed by atoms with Crippen molar-refractivity contribution in [3.05, 3.63) is 91.6 Å². The second-order valence-corrected chi connectivity index (χ2v) is 9.51. The summed E-state index contributed by atoms with van der Waals surface area (Å²) in [5.41, 5.74) is 3.88. The number of hydrazone groups is 1. The van der Waals surface area contributed by atoms with Crippen molar-refractivity contribution >= 4 is 66.6 Å². The molecule has 7 nitrogen and oxygen atoms in total. The lowest BCUT2D eigenvalue weighted by molar-refractivity contribution is -0.118. The highest BCUT2D eigenvalue weighted by molar-refractivity contribution is 9.11. The number of benzene rings is 3. The van der Waals surface area contributed by atoms with Gasteiger partial charge in [0.1, 0.15) is 5.75 Å². The monoisotopic (exact) mass is 586 g/mol. The Kier molecular flexibility index (Phi) is 7.26. The molecule has 0 radical (unpaired) electrons. The number of rotatable bonds is 6. The van der Waals surface area contributed by atoms with E-state index < -0.39 is 0 Å². The Morgan fingerprint density at radius 1 is 1.12 bits per heavy atom. The zero-order valence-electron chi connectivity index (χ0n) is 16.9. The van der Waals surface area contributed by atoms with Gasteiger partial charge in [-0.15, -0.1) is 0 Å². The number of halogens is 2. The molecule has 0 spiro atoms. The predicted molar refractivity (Wildman–Crippen MR) is 137 cm³/mol. The molecule has 10 heteroatoms. The van der Waals surface area contributed by atoms with Crippen molar-refractivity contribution in [3.8, 4) is 11.4 Å². The van der Waals surface area contributed by atoms with Crippen molar-refractivity contribution < 1.29 is 9.90 Å². The van der Waals surface area contributed by atoms with Crippen LogP contribution in [-0.4, -0.2) is 32.5 Å². The van der Waals surface area contributed by atoms with E-state index >= 15 is 0 Å². The summed E-state index contributed by atoms with van der Waals surface area (Å²) in [6, 6.07) is 19.6. The predicted octanol–water partition coefficient (Wildman–Crippen LogP) is 4.86. The summed E-state index contributed by atoms with van der Waals surface area (Å²) in [6.45, 7) is 0. The van der Waals surface area contributed by atoms with Crippen LogP contribution in [0.2, 0.25) is 0 Å². The van der Waals surface area contributed by atoms with E-state index in [0.717, 1.165) is 16.2 Å². The standard InChI is InChI=1S/C23H16Br2N4O3S/c24-15-10-14(21(31)18(25)11-15)12-26-28-20(30)13-33-23-27-19-9-5-4-8-17(19)22(32)29(23)16-6-2-1-3-7-16/h1-12,31H,13H2,(H,28,30)/b26-12+. The van der Waals surface area contributed by atoms with Gasteiger partial charge in [0.2, 0.25) is 0 Å². The average molecular weight is 588 g/mol. The summed E-state index contributed by atoms with van der Waals surface area (Å²) in [7, 11) is 0. The van der Waals surface area contributed by atoms with Crippen molar-refractivity contribution in [1.82, 2.24) is 15.0 Å². The number of nitrogens with one attached hydrogen (secondary N) is 1. The largest absolute Gasteiger partial charge is 0.506 e. The number of hydrogen-bond donors (Lipinski definition) is 2. The summed E-state index contributed by atoms with van der Waals surface area (Å²) in [4.78, 5) is 30.2. The van der Waals surface area contributed by atoms with Gasteiger partial charge in [-0.3, -0.25) is 14.2 Å². The van der Waals surface area contributed by atoms with Gasteiger partial charge in [-0.2, -0.15) is 5.10 Å². The van der Waals surface area contributed by atoms with Crippen LogP contribution in [0.1, 0.15) is 5.56 Å². The van der Waals surface area contributed by atoms with Crippen LogP contribution in [0.5, 0.6) is 5.75 Å². The molecular formula is C23H16Br2N4O3S. The van der Waals surface area contributed by atoms with Crippen LogP contribution in [-0.2, 0) is 4.79 Å². The molecule has 1 heterocycles. The highest BCUT2D eigenvalue weighted by Crippen LogP contribution is 2.30. The van der Waals surface area contributed by atoms with Crippen LogP contribution < -0.4 is 11.0 Å². The minimum atomic E-state index is -0.383. The van der Waals surface area contributed by atoms with Crippen LogP contribution in [0.15, 0.2) is 90.7 Å². The molecule has 0 fully saturated rings. The Morgan fingerprint density at radius 3 is 2.64 bits per heavy atom. The lowest BCUT2D eigenvalue weighted by Gasteiger charge is -2.12. The molecule has 166 valence electrons. The smallest absolute Gasteiger partial charge is 0.266 e. The van der Waals surface area contributed by atoms with Crippen LogP contribution in [0, 0.1) is 0 Å². The van der Waals surface area contributed by atoms with E-state index in [0.29, 0.717) is 31.8 Å². The van der Waals surface area contributed by atoms with Gasteiger partial charge in [0, 0.05) is 10.0 Å². The Bertz CT molecular complexity index is 1420.